The van der Waals surface area contributed by atoms with Gasteiger partial charge in [0.25, 0.3) is 0 Å². The van der Waals surface area contributed by atoms with Crippen molar-refractivity contribution in [1.82, 2.24) is 25.3 Å². The second-order valence-electron chi connectivity index (χ2n) is 7.74. The molecule has 1 saturated carbocycles. The summed E-state index contributed by atoms with van der Waals surface area (Å²) in [5, 5.41) is 7.21. The number of piperazine rings is 1. The van der Waals surface area contributed by atoms with E-state index in [1.807, 2.05) is 38.1 Å². The van der Waals surface area contributed by atoms with E-state index >= 15 is 0 Å². The lowest BCUT2D eigenvalue weighted by molar-refractivity contribution is -0.126. The topological polar surface area (TPSA) is 83.7 Å². The van der Waals surface area contributed by atoms with Gasteiger partial charge in [-0.15, -0.1) is 0 Å². The summed E-state index contributed by atoms with van der Waals surface area (Å²) in [7, 11) is 0. The highest BCUT2D eigenvalue weighted by molar-refractivity contribution is 5.81. The minimum absolute atomic E-state index is 0.0765. The molecule has 1 saturated heterocycles. The van der Waals surface area contributed by atoms with Crippen molar-refractivity contribution in [2.24, 2.45) is 0 Å². The molecule has 1 aromatic carbocycles. The first-order chi connectivity index (χ1) is 14.1. The Morgan fingerprint density at radius 1 is 1.24 bits per heavy atom. The van der Waals surface area contributed by atoms with Crippen molar-refractivity contribution in [2.45, 2.75) is 45.3 Å². The number of nitrogens with zero attached hydrogens (tertiary/aromatic N) is 4. The van der Waals surface area contributed by atoms with Gasteiger partial charge in [-0.3, -0.25) is 14.6 Å². The van der Waals surface area contributed by atoms with E-state index in [1.54, 1.807) is 0 Å². The van der Waals surface area contributed by atoms with Gasteiger partial charge in [0.1, 0.15) is 5.75 Å². The largest absolute Gasteiger partial charge is 0.494 e. The molecule has 2 aliphatic rings. The Labute approximate surface area is 171 Å². The number of amides is 1. The molecule has 4 rings (SSSR count). The van der Waals surface area contributed by atoms with Gasteiger partial charge in [-0.05, 0) is 51.0 Å². The molecular weight excluding hydrogens is 370 g/mol. The number of hydrogen-bond acceptors (Lipinski definition) is 7. The van der Waals surface area contributed by atoms with Gasteiger partial charge in [0, 0.05) is 37.8 Å². The Balaban J connectivity index is 1.27. The van der Waals surface area contributed by atoms with Crippen LogP contribution in [0.5, 0.6) is 5.75 Å². The van der Waals surface area contributed by atoms with Crippen LogP contribution in [-0.4, -0.2) is 70.7 Å². The quantitative estimate of drug-likeness (QED) is 0.726. The zero-order chi connectivity index (χ0) is 20.2. The van der Waals surface area contributed by atoms with Crippen LogP contribution in [0.25, 0.3) is 11.4 Å². The molecule has 1 aliphatic carbocycles. The Hall–Kier alpha value is -2.45. The number of carbonyl (C=O) groups excluding carboxylic acids is 1. The Kier molecular flexibility index (Phi) is 6.10. The maximum Gasteiger partial charge on any atom is 0.241 e. The maximum absolute atomic E-state index is 12.3. The van der Waals surface area contributed by atoms with E-state index in [9.17, 15) is 4.79 Å². The van der Waals surface area contributed by atoms with Crippen molar-refractivity contribution in [3.63, 3.8) is 0 Å². The Bertz CT molecular complexity index is 810. The number of rotatable bonds is 8. The molecule has 2 heterocycles. The molecule has 0 radical (unpaired) electrons. The van der Waals surface area contributed by atoms with E-state index in [0.29, 0.717) is 30.9 Å². The highest BCUT2D eigenvalue weighted by atomic mass is 16.5. The summed E-state index contributed by atoms with van der Waals surface area (Å²) in [6, 6.07) is 8.03. The fourth-order valence-corrected chi connectivity index (χ4v) is 3.52. The fourth-order valence-electron chi connectivity index (χ4n) is 3.52. The van der Waals surface area contributed by atoms with Crippen molar-refractivity contribution in [2.75, 3.05) is 32.8 Å². The molecule has 1 N–H and O–H groups in total. The first-order valence-corrected chi connectivity index (χ1v) is 10.4. The summed E-state index contributed by atoms with van der Waals surface area (Å²) < 4.78 is 10.9. The van der Waals surface area contributed by atoms with Crippen LogP contribution in [0.1, 0.15) is 32.6 Å². The zero-order valence-corrected chi connectivity index (χ0v) is 17.1. The molecule has 1 amide bonds. The predicted octanol–water partition coefficient (Wildman–Crippen LogP) is 1.92. The molecule has 1 atom stereocenters. The Morgan fingerprint density at radius 2 is 1.97 bits per heavy atom. The highest BCUT2D eigenvalue weighted by Crippen LogP contribution is 2.21. The van der Waals surface area contributed by atoms with E-state index in [1.165, 1.54) is 0 Å². The van der Waals surface area contributed by atoms with Crippen LogP contribution in [-0.2, 0) is 11.3 Å². The second-order valence-corrected chi connectivity index (χ2v) is 7.74. The summed E-state index contributed by atoms with van der Waals surface area (Å²) in [6.07, 6.45) is 2.24. The number of hydrogen-bond donors (Lipinski definition) is 1. The second kappa shape index (κ2) is 8.92. The molecule has 2 aromatic rings. The average Bonchev–Trinajstić information content (AvgIpc) is 3.44. The van der Waals surface area contributed by atoms with Gasteiger partial charge < -0.3 is 14.6 Å². The van der Waals surface area contributed by atoms with E-state index in [-0.39, 0.29) is 11.9 Å². The molecule has 29 heavy (non-hydrogen) atoms. The summed E-state index contributed by atoms with van der Waals surface area (Å²) >= 11 is 0. The third kappa shape index (κ3) is 5.13. The van der Waals surface area contributed by atoms with Gasteiger partial charge in [-0.1, -0.05) is 5.16 Å². The van der Waals surface area contributed by atoms with Gasteiger partial charge >= 0.3 is 0 Å². The minimum Gasteiger partial charge on any atom is -0.494 e. The van der Waals surface area contributed by atoms with Gasteiger partial charge in [0.15, 0.2) is 0 Å². The van der Waals surface area contributed by atoms with Crippen molar-refractivity contribution in [1.29, 1.82) is 0 Å². The van der Waals surface area contributed by atoms with Gasteiger partial charge in [-0.2, -0.15) is 4.98 Å². The van der Waals surface area contributed by atoms with Gasteiger partial charge in [0.2, 0.25) is 17.6 Å². The van der Waals surface area contributed by atoms with Crippen LogP contribution >= 0.6 is 0 Å². The predicted molar refractivity (Wildman–Crippen MR) is 108 cm³/mol. The van der Waals surface area contributed by atoms with E-state index < -0.39 is 0 Å². The van der Waals surface area contributed by atoms with Crippen LogP contribution < -0.4 is 10.1 Å². The Morgan fingerprint density at radius 3 is 2.62 bits per heavy atom. The molecule has 8 nitrogen and oxygen atoms in total. The fraction of sp³-hybridized carbons (Fsp3) is 0.571. The zero-order valence-electron chi connectivity index (χ0n) is 17.1. The number of ether oxygens (including phenoxy) is 1. The minimum atomic E-state index is -0.0765. The lowest BCUT2D eigenvalue weighted by Crippen LogP contribution is -2.53. The van der Waals surface area contributed by atoms with Crippen LogP contribution in [0.4, 0.5) is 0 Å². The lowest BCUT2D eigenvalue weighted by Gasteiger charge is -2.36. The van der Waals surface area contributed by atoms with Crippen molar-refractivity contribution in [3.8, 4) is 17.1 Å². The molecule has 1 unspecified atom stereocenters. The lowest BCUT2D eigenvalue weighted by atomic mass is 10.2. The summed E-state index contributed by atoms with van der Waals surface area (Å²) in [5.41, 5.74) is 0.906. The van der Waals surface area contributed by atoms with Crippen LogP contribution in [0.15, 0.2) is 28.8 Å². The van der Waals surface area contributed by atoms with Gasteiger partial charge in [0.05, 0.1) is 19.2 Å². The van der Waals surface area contributed by atoms with E-state index in [2.05, 4.69) is 25.3 Å². The molecule has 0 spiro atoms. The number of benzene rings is 1. The number of aromatic nitrogens is 2. The molecule has 1 aliphatic heterocycles. The third-order valence-electron chi connectivity index (χ3n) is 5.51. The SMILES string of the molecule is CCOc1ccc(-c2noc(CN3CCN(C(C)C(=O)NC4CC4)CC3)n2)cc1. The monoisotopic (exact) mass is 399 g/mol. The molecular formula is C21H29N5O3. The number of carbonyl (C=O) groups is 1. The van der Waals surface area contributed by atoms with E-state index in [0.717, 1.165) is 50.3 Å². The first-order valence-electron chi connectivity index (χ1n) is 10.4. The molecule has 1 aromatic heterocycles. The van der Waals surface area contributed by atoms with Crippen molar-refractivity contribution < 1.29 is 14.1 Å². The van der Waals surface area contributed by atoms with E-state index in [4.69, 9.17) is 9.26 Å². The van der Waals surface area contributed by atoms with Crippen molar-refractivity contribution >= 4 is 5.91 Å². The van der Waals surface area contributed by atoms with Crippen LogP contribution in [0.2, 0.25) is 0 Å². The van der Waals surface area contributed by atoms with Crippen LogP contribution in [0.3, 0.4) is 0 Å². The maximum atomic E-state index is 12.3. The smallest absolute Gasteiger partial charge is 0.241 e. The summed E-state index contributed by atoms with van der Waals surface area (Å²) in [5.74, 6) is 2.18. The van der Waals surface area contributed by atoms with Crippen molar-refractivity contribution in [3.05, 3.63) is 30.2 Å². The highest BCUT2D eigenvalue weighted by Gasteiger charge is 2.30. The molecule has 2 fully saturated rings. The standard InChI is InChI=1S/C21H29N5O3/c1-3-28-18-8-4-16(5-9-18)20-23-19(29-24-20)14-25-10-12-26(13-11-25)15(2)21(27)22-17-6-7-17/h4-5,8-9,15,17H,3,6-7,10-14H2,1-2H3,(H,22,27). The summed E-state index contributed by atoms with van der Waals surface area (Å²) in [4.78, 5) is 21.3. The average molecular weight is 399 g/mol. The van der Waals surface area contributed by atoms with Crippen LogP contribution in [0, 0.1) is 0 Å². The molecule has 8 heteroatoms. The van der Waals surface area contributed by atoms with Gasteiger partial charge in [-0.25, -0.2) is 0 Å². The first kappa shape index (κ1) is 19.8. The molecule has 156 valence electrons. The number of nitrogens with one attached hydrogen (secondary N) is 1. The normalized spacial score (nSPS) is 19.1. The third-order valence-corrected chi connectivity index (χ3v) is 5.51. The molecule has 0 bridgehead atoms. The summed E-state index contributed by atoms with van der Waals surface area (Å²) in [6.45, 7) is 8.70.